The van der Waals surface area contributed by atoms with Crippen molar-refractivity contribution in [3.8, 4) is 5.75 Å². The van der Waals surface area contributed by atoms with Gasteiger partial charge in [0.15, 0.2) is 0 Å². The molecule has 2 nitrogen and oxygen atoms in total. The van der Waals surface area contributed by atoms with Crippen LogP contribution in [0.5, 0.6) is 5.75 Å². The largest absolute Gasteiger partial charge is 0.488 e. The molecule has 0 bridgehead atoms. The van der Waals surface area contributed by atoms with Crippen molar-refractivity contribution in [2.24, 2.45) is 5.73 Å². The molecule has 20 heavy (non-hydrogen) atoms. The molecule has 0 saturated carbocycles. The number of hydrogen-bond donors (Lipinski definition) is 1. The number of thiocarbonyl (C=S) groups is 1. The molecule has 0 aromatic heterocycles. The SMILES string of the molecule is NC(=S)c1cc(Br)ccc1OCc1ccc(F)c(Br)c1. The van der Waals surface area contributed by atoms with Crippen molar-refractivity contribution in [2.75, 3.05) is 0 Å². The third kappa shape index (κ3) is 3.77. The van der Waals surface area contributed by atoms with E-state index in [-0.39, 0.29) is 10.8 Å². The Morgan fingerprint density at radius 1 is 1.20 bits per heavy atom. The molecule has 2 N–H and O–H groups in total. The first-order valence-electron chi connectivity index (χ1n) is 5.63. The lowest BCUT2D eigenvalue weighted by atomic mass is 10.2. The second-order valence-corrected chi connectivity index (χ2v) is 6.25. The number of hydrogen-bond acceptors (Lipinski definition) is 2. The molecule has 0 aliphatic rings. The van der Waals surface area contributed by atoms with Gasteiger partial charge in [-0.2, -0.15) is 0 Å². The summed E-state index contributed by atoms with van der Waals surface area (Å²) in [5.41, 5.74) is 7.18. The molecule has 2 rings (SSSR count). The summed E-state index contributed by atoms with van der Waals surface area (Å²) in [5, 5.41) is 0. The van der Waals surface area contributed by atoms with Gasteiger partial charge in [-0.15, -0.1) is 0 Å². The van der Waals surface area contributed by atoms with E-state index >= 15 is 0 Å². The Morgan fingerprint density at radius 2 is 1.95 bits per heavy atom. The molecule has 0 saturated heterocycles. The molecule has 0 heterocycles. The highest BCUT2D eigenvalue weighted by Crippen LogP contribution is 2.25. The van der Waals surface area contributed by atoms with Crippen molar-refractivity contribution in [2.45, 2.75) is 6.61 Å². The highest BCUT2D eigenvalue weighted by molar-refractivity contribution is 9.10. The highest BCUT2D eigenvalue weighted by atomic mass is 79.9. The second-order valence-electron chi connectivity index (χ2n) is 4.04. The molecule has 0 radical (unpaired) electrons. The summed E-state index contributed by atoms with van der Waals surface area (Å²) in [6, 6.07) is 10.2. The minimum absolute atomic E-state index is 0.265. The third-order valence-electron chi connectivity index (χ3n) is 2.59. The van der Waals surface area contributed by atoms with Crippen molar-refractivity contribution in [1.82, 2.24) is 0 Å². The molecule has 6 heteroatoms. The van der Waals surface area contributed by atoms with Gasteiger partial charge in [0.25, 0.3) is 0 Å². The van der Waals surface area contributed by atoms with Crippen LogP contribution in [0.25, 0.3) is 0 Å². The molecular formula is C14H10Br2FNOS. The van der Waals surface area contributed by atoms with Crippen molar-refractivity contribution < 1.29 is 9.13 Å². The quantitative estimate of drug-likeness (QED) is 0.739. The number of nitrogens with two attached hydrogens (primary N) is 1. The zero-order valence-corrected chi connectivity index (χ0v) is 14.2. The van der Waals surface area contributed by atoms with Crippen LogP contribution in [-0.2, 0) is 6.61 Å². The summed E-state index contributed by atoms with van der Waals surface area (Å²) in [4.78, 5) is 0.265. The number of benzene rings is 2. The summed E-state index contributed by atoms with van der Waals surface area (Å²) in [5.74, 6) is 0.294. The summed E-state index contributed by atoms with van der Waals surface area (Å²) in [7, 11) is 0. The Hall–Kier alpha value is -0.980. The minimum atomic E-state index is -0.304. The summed E-state index contributed by atoms with van der Waals surface area (Å²) >= 11 is 11.5. The zero-order valence-electron chi connectivity index (χ0n) is 10.2. The summed E-state index contributed by atoms with van der Waals surface area (Å²) < 4.78 is 20.1. The molecular weight excluding hydrogens is 409 g/mol. The van der Waals surface area contributed by atoms with E-state index in [1.54, 1.807) is 24.3 Å². The third-order valence-corrected chi connectivity index (χ3v) is 3.91. The maximum Gasteiger partial charge on any atom is 0.137 e. The van der Waals surface area contributed by atoms with Crippen LogP contribution >= 0.6 is 44.1 Å². The molecule has 0 amide bonds. The van der Waals surface area contributed by atoms with Gasteiger partial charge in [-0.1, -0.05) is 34.2 Å². The monoisotopic (exact) mass is 417 g/mol. The summed E-state index contributed by atoms with van der Waals surface area (Å²) in [6.07, 6.45) is 0. The summed E-state index contributed by atoms with van der Waals surface area (Å²) in [6.45, 7) is 0.302. The molecule has 0 unspecified atom stereocenters. The lowest BCUT2D eigenvalue weighted by Gasteiger charge is -2.11. The van der Waals surface area contributed by atoms with Gasteiger partial charge < -0.3 is 10.5 Å². The predicted molar refractivity (Wildman–Crippen MR) is 88.5 cm³/mol. The molecule has 2 aromatic carbocycles. The van der Waals surface area contributed by atoms with Crippen LogP contribution < -0.4 is 10.5 Å². The molecule has 0 aliphatic heterocycles. The van der Waals surface area contributed by atoms with Crippen molar-refractivity contribution >= 4 is 49.1 Å². The first kappa shape index (κ1) is 15.4. The number of rotatable bonds is 4. The highest BCUT2D eigenvalue weighted by Gasteiger charge is 2.08. The van der Waals surface area contributed by atoms with Gasteiger partial charge in [-0.25, -0.2) is 4.39 Å². The first-order chi connectivity index (χ1) is 9.47. The number of ether oxygens (including phenoxy) is 1. The average Bonchev–Trinajstić information content (AvgIpc) is 2.41. The van der Waals surface area contributed by atoms with Gasteiger partial charge in [-0.3, -0.25) is 0 Å². The maximum atomic E-state index is 13.1. The smallest absolute Gasteiger partial charge is 0.137 e. The normalized spacial score (nSPS) is 10.3. The Labute approximate surface area is 138 Å². The lowest BCUT2D eigenvalue weighted by Crippen LogP contribution is -2.11. The van der Waals surface area contributed by atoms with E-state index in [1.807, 2.05) is 6.07 Å². The Bertz CT molecular complexity index is 664. The van der Waals surface area contributed by atoms with E-state index in [0.717, 1.165) is 10.0 Å². The molecule has 0 spiro atoms. The molecule has 0 fully saturated rings. The van der Waals surface area contributed by atoms with E-state index in [0.29, 0.717) is 22.4 Å². The van der Waals surface area contributed by atoms with Crippen molar-refractivity contribution in [3.63, 3.8) is 0 Å². The van der Waals surface area contributed by atoms with Gasteiger partial charge in [0.2, 0.25) is 0 Å². The van der Waals surface area contributed by atoms with Crippen LogP contribution in [0.2, 0.25) is 0 Å². The van der Waals surface area contributed by atoms with E-state index in [2.05, 4.69) is 31.9 Å². The van der Waals surface area contributed by atoms with E-state index in [1.165, 1.54) is 6.07 Å². The van der Waals surface area contributed by atoms with E-state index in [9.17, 15) is 4.39 Å². The Balaban J connectivity index is 2.18. The standard InChI is InChI=1S/C14H10Br2FNOS/c15-9-2-4-13(10(6-9)14(18)20)19-7-8-1-3-12(17)11(16)5-8/h1-6H,7H2,(H2,18,20). The lowest BCUT2D eigenvalue weighted by molar-refractivity contribution is 0.305. The first-order valence-corrected chi connectivity index (χ1v) is 7.63. The van der Waals surface area contributed by atoms with Gasteiger partial charge in [0, 0.05) is 4.47 Å². The molecule has 2 aromatic rings. The second kappa shape index (κ2) is 6.65. The van der Waals surface area contributed by atoms with Gasteiger partial charge in [0.1, 0.15) is 23.2 Å². The Kier molecular flexibility index (Phi) is 5.12. The van der Waals surface area contributed by atoms with Gasteiger partial charge in [-0.05, 0) is 51.8 Å². The Morgan fingerprint density at radius 3 is 2.60 bits per heavy atom. The fraction of sp³-hybridized carbons (Fsp3) is 0.0714. The van der Waals surface area contributed by atoms with Crippen LogP contribution in [0.4, 0.5) is 4.39 Å². The van der Waals surface area contributed by atoms with Crippen LogP contribution in [0.3, 0.4) is 0 Å². The topological polar surface area (TPSA) is 35.2 Å². The molecule has 0 atom stereocenters. The predicted octanol–water partition coefficient (Wildman–Crippen LogP) is 4.56. The van der Waals surface area contributed by atoms with Crippen LogP contribution in [0.15, 0.2) is 45.3 Å². The molecule has 104 valence electrons. The zero-order chi connectivity index (χ0) is 14.7. The fourth-order valence-electron chi connectivity index (χ4n) is 1.61. The van der Waals surface area contributed by atoms with Crippen molar-refractivity contribution in [1.29, 1.82) is 0 Å². The maximum absolute atomic E-state index is 13.1. The number of halogens is 3. The fourth-order valence-corrected chi connectivity index (χ4v) is 2.56. The minimum Gasteiger partial charge on any atom is -0.488 e. The average molecular weight is 419 g/mol. The molecule has 0 aliphatic carbocycles. The van der Waals surface area contributed by atoms with Gasteiger partial charge in [0.05, 0.1) is 10.0 Å². The van der Waals surface area contributed by atoms with Crippen molar-refractivity contribution in [3.05, 3.63) is 62.3 Å². The van der Waals surface area contributed by atoms with Gasteiger partial charge >= 0.3 is 0 Å². The van der Waals surface area contributed by atoms with Crippen LogP contribution in [0.1, 0.15) is 11.1 Å². The van der Waals surface area contributed by atoms with E-state index < -0.39 is 0 Å². The van der Waals surface area contributed by atoms with Crippen LogP contribution in [-0.4, -0.2) is 4.99 Å². The van der Waals surface area contributed by atoms with Crippen LogP contribution in [0, 0.1) is 5.82 Å². The van der Waals surface area contributed by atoms with E-state index in [4.69, 9.17) is 22.7 Å².